The van der Waals surface area contributed by atoms with Crippen molar-refractivity contribution in [3.05, 3.63) is 77.5 Å². The third kappa shape index (κ3) is 3.41. The van der Waals surface area contributed by atoms with Crippen LogP contribution in [0.3, 0.4) is 0 Å². The van der Waals surface area contributed by atoms with Crippen molar-refractivity contribution in [1.29, 1.82) is 0 Å². The Balaban J connectivity index is 1.56. The van der Waals surface area contributed by atoms with Crippen LogP contribution in [-0.4, -0.2) is 16.0 Å². The minimum Gasteiger partial charge on any atom is -0.361 e. The molecule has 0 radical (unpaired) electrons. The van der Waals surface area contributed by atoms with Crippen molar-refractivity contribution in [2.45, 2.75) is 6.92 Å². The highest BCUT2D eigenvalue weighted by Gasteiger charge is 2.12. The van der Waals surface area contributed by atoms with E-state index in [0.29, 0.717) is 11.4 Å². The Kier molecular flexibility index (Phi) is 4.33. The third-order valence-corrected chi connectivity index (χ3v) is 4.69. The van der Waals surface area contributed by atoms with Crippen molar-refractivity contribution in [2.24, 2.45) is 0 Å². The minimum atomic E-state index is -0.303. The van der Waals surface area contributed by atoms with E-state index in [0.717, 1.165) is 21.8 Å². The summed E-state index contributed by atoms with van der Waals surface area (Å²) in [4.78, 5) is 16.9. The van der Waals surface area contributed by atoms with Crippen LogP contribution in [0.1, 0.15) is 16.2 Å². The van der Waals surface area contributed by atoms with Crippen molar-refractivity contribution in [3.8, 4) is 21.8 Å². The number of hydrogen-bond acceptors (Lipinski definition) is 5. The molecule has 0 aliphatic heterocycles. The molecule has 0 saturated carbocycles. The van der Waals surface area contributed by atoms with Gasteiger partial charge in [0.25, 0.3) is 5.91 Å². The lowest BCUT2D eigenvalue weighted by Gasteiger charge is -2.04. The van der Waals surface area contributed by atoms with Gasteiger partial charge in [-0.15, -0.1) is 11.3 Å². The summed E-state index contributed by atoms with van der Waals surface area (Å²) in [6.07, 6.45) is 0. The number of aromatic nitrogens is 2. The molecule has 0 atom stereocenters. The lowest BCUT2D eigenvalue weighted by Crippen LogP contribution is -2.12. The molecule has 0 spiro atoms. The Labute approximate surface area is 154 Å². The van der Waals surface area contributed by atoms with Gasteiger partial charge in [0.15, 0.2) is 5.69 Å². The van der Waals surface area contributed by atoms with E-state index in [4.69, 9.17) is 9.51 Å². The molecule has 0 aliphatic carbocycles. The second kappa shape index (κ2) is 6.93. The van der Waals surface area contributed by atoms with E-state index in [1.807, 2.05) is 60.0 Å². The SMILES string of the molecule is Cc1cc(C(=O)Nc2cccc(-c3csc(-c4ccccc4)n3)c2)no1. The number of carbonyl (C=O) groups is 1. The molecule has 26 heavy (non-hydrogen) atoms. The molecule has 0 bridgehead atoms. The smallest absolute Gasteiger partial charge is 0.277 e. The van der Waals surface area contributed by atoms with Crippen LogP contribution in [0.15, 0.2) is 70.6 Å². The van der Waals surface area contributed by atoms with Crippen LogP contribution in [-0.2, 0) is 0 Å². The van der Waals surface area contributed by atoms with Crippen LogP contribution < -0.4 is 5.32 Å². The largest absolute Gasteiger partial charge is 0.361 e. The molecule has 2 aromatic heterocycles. The highest BCUT2D eigenvalue weighted by Crippen LogP contribution is 2.29. The van der Waals surface area contributed by atoms with Crippen molar-refractivity contribution < 1.29 is 9.32 Å². The molecule has 2 aromatic carbocycles. The topological polar surface area (TPSA) is 68.0 Å². The van der Waals surface area contributed by atoms with Gasteiger partial charge in [0, 0.05) is 28.3 Å². The Bertz CT molecular complexity index is 1050. The molecule has 128 valence electrons. The van der Waals surface area contributed by atoms with Crippen LogP contribution >= 0.6 is 11.3 Å². The number of amides is 1. The highest BCUT2D eigenvalue weighted by atomic mass is 32.1. The van der Waals surface area contributed by atoms with Crippen LogP contribution in [0.4, 0.5) is 5.69 Å². The predicted molar refractivity (Wildman–Crippen MR) is 102 cm³/mol. The standard InChI is InChI=1S/C20H15N3O2S/c1-13-10-17(23-25-13)19(24)21-16-9-5-8-15(11-16)18-12-26-20(22-18)14-6-3-2-4-7-14/h2-12H,1H3,(H,21,24). The summed E-state index contributed by atoms with van der Waals surface area (Å²) in [5.41, 5.74) is 3.85. The zero-order chi connectivity index (χ0) is 17.9. The number of carbonyl (C=O) groups excluding carboxylic acids is 1. The zero-order valence-electron chi connectivity index (χ0n) is 14.0. The van der Waals surface area contributed by atoms with Gasteiger partial charge in [-0.2, -0.15) is 0 Å². The summed E-state index contributed by atoms with van der Waals surface area (Å²) in [5, 5.41) is 9.55. The molecule has 0 aliphatic rings. The van der Waals surface area contributed by atoms with E-state index >= 15 is 0 Å². The summed E-state index contributed by atoms with van der Waals surface area (Å²) in [6, 6.07) is 19.3. The number of hydrogen-bond donors (Lipinski definition) is 1. The Hall–Kier alpha value is -3.25. The first-order chi connectivity index (χ1) is 12.7. The second-order valence-electron chi connectivity index (χ2n) is 5.76. The van der Waals surface area contributed by atoms with Gasteiger partial charge in [-0.05, 0) is 19.1 Å². The second-order valence-corrected chi connectivity index (χ2v) is 6.62. The van der Waals surface area contributed by atoms with E-state index in [2.05, 4.69) is 10.5 Å². The van der Waals surface area contributed by atoms with Crippen LogP contribution in [0, 0.1) is 6.92 Å². The van der Waals surface area contributed by atoms with Crippen LogP contribution in [0.25, 0.3) is 21.8 Å². The van der Waals surface area contributed by atoms with Crippen molar-refractivity contribution >= 4 is 22.9 Å². The number of nitrogens with one attached hydrogen (secondary N) is 1. The first-order valence-electron chi connectivity index (χ1n) is 8.05. The number of anilines is 1. The average Bonchev–Trinajstić information content (AvgIpc) is 3.32. The fourth-order valence-electron chi connectivity index (χ4n) is 2.54. The molecule has 6 heteroatoms. The lowest BCUT2D eigenvalue weighted by molar-refractivity contribution is 0.101. The maximum Gasteiger partial charge on any atom is 0.277 e. The fourth-order valence-corrected chi connectivity index (χ4v) is 3.38. The number of aryl methyl sites for hydroxylation is 1. The van der Waals surface area contributed by atoms with E-state index in [1.54, 1.807) is 24.3 Å². The molecule has 0 unspecified atom stereocenters. The Morgan fingerprint density at radius 1 is 1.04 bits per heavy atom. The number of rotatable bonds is 4. The minimum absolute atomic E-state index is 0.257. The van der Waals surface area contributed by atoms with Crippen LogP contribution in [0.5, 0.6) is 0 Å². The third-order valence-electron chi connectivity index (χ3n) is 3.80. The summed E-state index contributed by atoms with van der Waals surface area (Å²) >= 11 is 1.60. The maximum absolute atomic E-state index is 12.2. The zero-order valence-corrected chi connectivity index (χ0v) is 14.8. The fraction of sp³-hybridized carbons (Fsp3) is 0.0500. The normalized spacial score (nSPS) is 10.7. The number of thiazole rings is 1. The molecule has 1 N–H and O–H groups in total. The van der Waals surface area contributed by atoms with E-state index in [9.17, 15) is 4.79 Å². The number of benzene rings is 2. The van der Waals surface area contributed by atoms with Crippen LogP contribution in [0.2, 0.25) is 0 Å². The summed E-state index contributed by atoms with van der Waals surface area (Å²) in [5.74, 6) is 0.294. The quantitative estimate of drug-likeness (QED) is 0.554. The molecule has 2 heterocycles. The summed E-state index contributed by atoms with van der Waals surface area (Å²) in [6.45, 7) is 1.75. The highest BCUT2D eigenvalue weighted by molar-refractivity contribution is 7.13. The first-order valence-corrected chi connectivity index (χ1v) is 8.93. The van der Waals surface area contributed by atoms with Gasteiger partial charge in [-0.3, -0.25) is 4.79 Å². The van der Waals surface area contributed by atoms with Gasteiger partial charge in [0.1, 0.15) is 10.8 Å². The van der Waals surface area contributed by atoms with Gasteiger partial charge in [0.05, 0.1) is 5.69 Å². The van der Waals surface area contributed by atoms with E-state index < -0.39 is 0 Å². The predicted octanol–water partition coefficient (Wildman–Crippen LogP) is 5.03. The molecule has 0 fully saturated rings. The number of nitrogens with zero attached hydrogens (tertiary/aromatic N) is 2. The molecule has 4 aromatic rings. The van der Waals surface area contributed by atoms with E-state index in [-0.39, 0.29) is 11.6 Å². The van der Waals surface area contributed by atoms with Crippen molar-refractivity contribution in [1.82, 2.24) is 10.1 Å². The molecule has 1 amide bonds. The molecule has 4 rings (SSSR count). The Morgan fingerprint density at radius 3 is 2.62 bits per heavy atom. The lowest BCUT2D eigenvalue weighted by atomic mass is 10.1. The molecular weight excluding hydrogens is 346 g/mol. The first kappa shape index (κ1) is 16.2. The Morgan fingerprint density at radius 2 is 1.85 bits per heavy atom. The summed E-state index contributed by atoms with van der Waals surface area (Å²) < 4.78 is 4.94. The van der Waals surface area contributed by atoms with E-state index in [1.165, 1.54) is 0 Å². The molecule has 0 saturated heterocycles. The van der Waals surface area contributed by atoms with Crippen molar-refractivity contribution in [3.63, 3.8) is 0 Å². The summed E-state index contributed by atoms with van der Waals surface area (Å²) in [7, 11) is 0. The van der Waals surface area contributed by atoms with Gasteiger partial charge in [0.2, 0.25) is 0 Å². The molecule has 5 nitrogen and oxygen atoms in total. The molecular formula is C20H15N3O2S. The van der Waals surface area contributed by atoms with Gasteiger partial charge in [-0.25, -0.2) is 4.98 Å². The van der Waals surface area contributed by atoms with Gasteiger partial charge in [-0.1, -0.05) is 47.6 Å². The van der Waals surface area contributed by atoms with Crippen molar-refractivity contribution in [2.75, 3.05) is 5.32 Å². The van der Waals surface area contributed by atoms with Gasteiger partial charge < -0.3 is 9.84 Å². The average molecular weight is 361 g/mol. The maximum atomic E-state index is 12.2. The monoisotopic (exact) mass is 361 g/mol. The van der Waals surface area contributed by atoms with Gasteiger partial charge >= 0.3 is 0 Å².